The average molecular weight is 194 g/mol. The molecule has 0 bridgehead atoms. The van der Waals surface area contributed by atoms with Crippen LogP contribution >= 0.6 is 7.82 Å². The van der Waals surface area contributed by atoms with Gasteiger partial charge in [-0.25, -0.2) is 0 Å². The van der Waals surface area contributed by atoms with Crippen molar-refractivity contribution < 1.29 is 18.9 Å². The van der Waals surface area contributed by atoms with E-state index in [9.17, 15) is 14.4 Å². The van der Waals surface area contributed by atoms with Crippen LogP contribution in [-0.4, -0.2) is 6.61 Å². The summed E-state index contributed by atoms with van der Waals surface area (Å²) in [7, 11) is -4.72. The minimum atomic E-state index is -4.72. The Morgan fingerprint density at radius 3 is 2.25 bits per heavy atom. The van der Waals surface area contributed by atoms with Crippen molar-refractivity contribution >= 4 is 7.82 Å². The third-order valence-electron chi connectivity index (χ3n) is 1.50. The van der Waals surface area contributed by atoms with Gasteiger partial charge in [0.2, 0.25) is 0 Å². The predicted octanol–water partition coefficient (Wildman–Crippen LogP) is 0.802. The van der Waals surface area contributed by atoms with Crippen LogP contribution in [0, 0.1) is 0 Å². The summed E-state index contributed by atoms with van der Waals surface area (Å²) in [4.78, 5) is 19.9. The summed E-state index contributed by atoms with van der Waals surface area (Å²) in [5.41, 5.74) is 0. The van der Waals surface area contributed by atoms with Gasteiger partial charge in [0.05, 0.1) is 14.4 Å². The Kier molecular flexibility index (Phi) is 6.67. The smallest absolute Gasteiger partial charge is 0.0596 e. The zero-order chi connectivity index (χ0) is 9.45. The second kappa shape index (κ2) is 6.61. The number of phosphoric ester groups is 1. The van der Waals surface area contributed by atoms with Crippen molar-refractivity contribution in [3.8, 4) is 0 Å². The zero-order valence-corrected chi connectivity index (χ0v) is 8.22. The van der Waals surface area contributed by atoms with Crippen LogP contribution in [0.1, 0.15) is 39.0 Å². The van der Waals surface area contributed by atoms with Crippen LogP contribution in [0.25, 0.3) is 0 Å². The molecule has 0 aromatic carbocycles. The van der Waals surface area contributed by atoms with Gasteiger partial charge in [0, 0.05) is 0 Å². The van der Waals surface area contributed by atoms with Crippen molar-refractivity contribution in [2.75, 3.05) is 6.61 Å². The second-order valence-corrected chi connectivity index (χ2v) is 3.85. The molecule has 12 heavy (non-hydrogen) atoms. The summed E-state index contributed by atoms with van der Waals surface area (Å²) >= 11 is 0. The molecule has 0 radical (unpaired) electrons. The van der Waals surface area contributed by atoms with Gasteiger partial charge in [0.25, 0.3) is 0 Å². The third-order valence-corrected chi connectivity index (χ3v) is 2.00. The summed E-state index contributed by atoms with van der Waals surface area (Å²) in [5, 5.41) is 0. The quantitative estimate of drug-likeness (QED) is 0.444. The Bertz CT molecular complexity index is 142. The number of phosphoric acid groups is 1. The maximum atomic E-state index is 9.97. The Morgan fingerprint density at radius 2 is 1.75 bits per heavy atom. The van der Waals surface area contributed by atoms with E-state index in [1.165, 1.54) is 0 Å². The molecule has 0 spiro atoms. The molecular formula is C7H15O4P-2. The van der Waals surface area contributed by atoms with E-state index in [1.54, 1.807) is 0 Å². The molecule has 4 nitrogen and oxygen atoms in total. The molecule has 0 rings (SSSR count). The number of hydrogen-bond donors (Lipinski definition) is 0. The molecule has 0 heterocycles. The van der Waals surface area contributed by atoms with Gasteiger partial charge >= 0.3 is 0 Å². The van der Waals surface area contributed by atoms with E-state index in [4.69, 9.17) is 0 Å². The highest BCUT2D eigenvalue weighted by atomic mass is 31.2. The molecule has 0 saturated carbocycles. The summed E-state index contributed by atoms with van der Waals surface area (Å²) in [5.74, 6) is 0. The summed E-state index contributed by atoms with van der Waals surface area (Å²) in [6, 6.07) is 0. The van der Waals surface area contributed by atoms with Gasteiger partial charge in [0.15, 0.2) is 0 Å². The van der Waals surface area contributed by atoms with E-state index >= 15 is 0 Å². The van der Waals surface area contributed by atoms with Gasteiger partial charge in [-0.05, 0) is 6.42 Å². The fourth-order valence-electron chi connectivity index (χ4n) is 0.882. The number of rotatable bonds is 7. The Balaban J connectivity index is 3.06. The van der Waals surface area contributed by atoms with E-state index in [0.717, 1.165) is 25.7 Å². The molecule has 0 unspecified atom stereocenters. The topological polar surface area (TPSA) is 72.4 Å². The lowest BCUT2D eigenvalue weighted by molar-refractivity contribution is -0.341. The molecule has 0 N–H and O–H groups in total. The molecule has 0 aromatic rings. The maximum absolute atomic E-state index is 9.97. The van der Waals surface area contributed by atoms with Gasteiger partial charge < -0.3 is 18.9 Å². The first-order valence-corrected chi connectivity index (χ1v) is 5.69. The predicted molar refractivity (Wildman–Crippen MR) is 42.3 cm³/mol. The van der Waals surface area contributed by atoms with E-state index in [1.807, 2.05) is 0 Å². The molecule has 0 saturated heterocycles. The molecule has 0 amide bonds. The standard InChI is InChI=1S/C7H17O4P/c1-2-3-4-5-6-7-11-12(8,9)10/h2-7H2,1H3,(H2,8,9,10)/p-2. The van der Waals surface area contributed by atoms with Crippen LogP contribution in [0.5, 0.6) is 0 Å². The summed E-state index contributed by atoms with van der Waals surface area (Å²) in [6.45, 7) is 2.13. The highest BCUT2D eigenvalue weighted by Gasteiger charge is 1.91. The zero-order valence-electron chi connectivity index (χ0n) is 7.32. The Labute approximate surface area is 73.2 Å². The fourth-order valence-corrected chi connectivity index (χ4v) is 1.23. The highest BCUT2D eigenvalue weighted by Crippen LogP contribution is 2.24. The summed E-state index contributed by atoms with van der Waals surface area (Å²) in [6.07, 6.45) is 4.93. The van der Waals surface area contributed by atoms with Crippen molar-refractivity contribution in [1.82, 2.24) is 0 Å². The van der Waals surface area contributed by atoms with Crippen LogP contribution in [-0.2, 0) is 9.09 Å². The first-order valence-electron chi connectivity index (χ1n) is 4.23. The summed E-state index contributed by atoms with van der Waals surface area (Å²) < 4.78 is 14.0. The minimum Gasteiger partial charge on any atom is -0.790 e. The van der Waals surface area contributed by atoms with Gasteiger partial charge in [-0.1, -0.05) is 32.6 Å². The van der Waals surface area contributed by atoms with Crippen molar-refractivity contribution in [1.29, 1.82) is 0 Å². The van der Waals surface area contributed by atoms with Gasteiger partial charge in [-0.3, -0.25) is 0 Å². The largest absolute Gasteiger partial charge is 0.790 e. The Hall–Kier alpha value is 0.110. The number of unbranched alkanes of at least 4 members (excludes halogenated alkanes) is 4. The van der Waals surface area contributed by atoms with Crippen LogP contribution < -0.4 is 9.79 Å². The van der Waals surface area contributed by atoms with Crippen LogP contribution in [0.4, 0.5) is 0 Å². The minimum absolute atomic E-state index is 0.0357. The van der Waals surface area contributed by atoms with Crippen LogP contribution in [0.15, 0.2) is 0 Å². The molecule has 74 valence electrons. The Morgan fingerprint density at radius 1 is 1.17 bits per heavy atom. The normalized spacial score (nSPS) is 11.9. The lowest BCUT2D eigenvalue weighted by Crippen LogP contribution is -2.16. The van der Waals surface area contributed by atoms with E-state index < -0.39 is 7.82 Å². The SMILES string of the molecule is CCCCCCCOP(=O)([O-])[O-]. The molecule has 5 heteroatoms. The fraction of sp³-hybridized carbons (Fsp3) is 1.00. The van der Waals surface area contributed by atoms with Crippen molar-refractivity contribution in [2.24, 2.45) is 0 Å². The van der Waals surface area contributed by atoms with Gasteiger partial charge in [-0.2, -0.15) is 0 Å². The van der Waals surface area contributed by atoms with E-state index in [-0.39, 0.29) is 6.61 Å². The van der Waals surface area contributed by atoms with Gasteiger partial charge in [-0.15, -0.1) is 0 Å². The average Bonchev–Trinajstić information content (AvgIpc) is 1.94. The monoisotopic (exact) mass is 194 g/mol. The van der Waals surface area contributed by atoms with Crippen molar-refractivity contribution in [3.63, 3.8) is 0 Å². The molecule has 0 aromatic heterocycles. The van der Waals surface area contributed by atoms with Crippen LogP contribution in [0.3, 0.4) is 0 Å². The number of hydrogen-bond acceptors (Lipinski definition) is 4. The molecule has 0 aliphatic carbocycles. The van der Waals surface area contributed by atoms with E-state index in [2.05, 4.69) is 11.4 Å². The molecule has 0 atom stereocenters. The molecular weight excluding hydrogens is 179 g/mol. The highest BCUT2D eigenvalue weighted by molar-refractivity contribution is 7.43. The molecule has 0 fully saturated rings. The molecule has 0 aliphatic rings. The van der Waals surface area contributed by atoms with E-state index in [0.29, 0.717) is 6.42 Å². The maximum Gasteiger partial charge on any atom is 0.0596 e. The first kappa shape index (κ1) is 12.1. The lowest BCUT2D eigenvalue weighted by Gasteiger charge is -2.28. The second-order valence-electron chi connectivity index (χ2n) is 2.69. The first-order chi connectivity index (χ1) is 5.56. The van der Waals surface area contributed by atoms with Crippen molar-refractivity contribution in [3.05, 3.63) is 0 Å². The van der Waals surface area contributed by atoms with Crippen LogP contribution in [0.2, 0.25) is 0 Å². The lowest BCUT2D eigenvalue weighted by atomic mass is 10.2. The van der Waals surface area contributed by atoms with Crippen molar-refractivity contribution in [2.45, 2.75) is 39.0 Å². The van der Waals surface area contributed by atoms with Gasteiger partial charge in [0.1, 0.15) is 0 Å². The molecule has 0 aliphatic heterocycles. The third kappa shape index (κ3) is 10.1.